The second-order valence-corrected chi connectivity index (χ2v) is 8.92. The maximum Gasteiger partial charge on any atom is 0.231 e. The maximum atomic E-state index is 10.5. The average molecular weight is 461 g/mol. The molecule has 0 bridgehead atoms. The smallest absolute Gasteiger partial charge is 0.231 e. The topological polar surface area (TPSA) is 54.4 Å². The molecule has 0 spiro atoms. The molecular weight excluding hydrogens is 428 g/mol. The maximum absolute atomic E-state index is 10.5. The number of ether oxygens (including phenoxy) is 3. The lowest BCUT2D eigenvalue weighted by atomic mass is 9.96. The zero-order valence-electron chi connectivity index (χ0n) is 19.4. The number of β-amino-alcohol motifs (C(OH)–C–C–N with tert-alkyl or cyclic N) is 1. The lowest BCUT2D eigenvalue weighted by Gasteiger charge is -2.40. The molecule has 34 heavy (non-hydrogen) atoms. The first-order chi connectivity index (χ1) is 16.8. The first-order valence-electron chi connectivity index (χ1n) is 12.0. The fourth-order valence-corrected chi connectivity index (χ4v) is 4.78. The van der Waals surface area contributed by atoms with Crippen molar-refractivity contribution >= 4 is 0 Å². The first-order valence-corrected chi connectivity index (χ1v) is 12.0. The predicted octanol–water partition coefficient (Wildman–Crippen LogP) is 3.70. The molecule has 2 aliphatic heterocycles. The molecule has 1 atom stereocenters. The van der Waals surface area contributed by atoms with Crippen molar-refractivity contribution in [2.24, 2.45) is 0 Å². The van der Waals surface area contributed by atoms with Gasteiger partial charge in [-0.05, 0) is 28.8 Å². The van der Waals surface area contributed by atoms with Gasteiger partial charge in [0.2, 0.25) is 6.79 Å². The van der Waals surface area contributed by atoms with Crippen LogP contribution in [-0.2, 0) is 11.3 Å². The van der Waals surface area contributed by atoms with Gasteiger partial charge in [-0.2, -0.15) is 0 Å². The number of hydrogen-bond donors (Lipinski definition) is 1. The summed E-state index contributed by atoms with van der Waals surface area (Å²) in [5.41, 5.74) is 3.65. The van der Waals surface area contributed by atoms with Gasteiger partial charge in [0.25, 0.3) is 0 Å². The molecule has 2 heterocycles. The fraction of sp³-hybridized carbons (Fsp3) is 0.357. The van der Waals surface area contributed by atoms with E-state index in [1.807, 2.05) is 18.2 Å². The average Bonchev–Trinajstić information content (AvgIpc) is 3.35. The van der Waals surface area contributed by atoms with Crippen LogP contribution in [0.5, 0.6) is 11.5 Å². The van der Waals surface area contributed by atoms with Gasteiger partial charge in [-0.25, -0.2) is 0 Å². The van der Waals surface area contributed by atoms with Crippen molar-refractivity contribution in [3.8, 4) is 11.5 Å². The normalized spacial score (nSPS) is 17.2. The van der Waals surface area contributed by atoms with E-state index in [1.54, 1.807) is 0 Å². The molecule has 1 N–H and O–H groups in total. The Labute approximate surface area is 201 Å². The molecule has 0 radical (unpaired) electrons. The van der Waals surface area contributed by atoms with E-state index in [9.17, 15) is 5.11 Å². The molecule has 0 aliphatic carbocycles. The van der Waals surface area contributed by atoms with Crippen LogP contribution in [0.25, 0.3) is 0 Å². The molecule has 3 aromatic carbocycles. The molecule has 1 saturated heterocycles. The highest BCUT2D eigenvalue weighted by atomic mass is 16.7. The van der Waals surface area contributed by atoms with E-state index >= 15 is 0 Å². The predicted molar refractivity (Wildman–Crippen MR) is 131 cm³/mol. The molecule has 0 amide bonds. The van der Waals surface area contributed by atoms with Gasteiger partial charge in [-0.15, -0.1) is 0 Å². The van der Waals surface area contributed by atoms with Crippen LogP contribution < -0.4 is 9.47 Å². The van der Waals surface area contributed by atoms with Crippen LogP contribution in [-0.4, -0.2) is 67.1 Å². The summed E-state index contributed by atoms with van der Waals surface area (Å²) >= 11 is 0. The molecule has 0 saturated carbocycles. The molecule has 6 heteroatoms. The number of hydrogen-bond acceptors (Lipinski definition) is 6. The van der Waals surface area contributed by atoms with Gasteiger partial charge < -0.3 is 19.3 Å². The summed E-state index contributed by atoms with van der Waals surface area (Å²) in [7, 11) is 0. The Morgan fingerprint density at radius 3 is 2.12 bits per heavy atom. The van der Waals surface area contributed by atoms with Crippen molar-refractivity contribution in [2.45, 2.75) is 18.8 Å². The summed E-state index contributed by atoms with van der Waals surface area (Å²) in [5.74, 6) is 1.52. The molecule has 0 unspecified atom stereocenters. The Balaban J connectivity index is 1.10. The van der Waals surface area contributed by atoms with E-state index in [1.165, 1.54) is 11.1 Å². The first kappa shape index (κ1) is 22.9. The number of benzene rings is 3. The van der Waals surface area contributed by atoms with Crippen molar-refractivity contribution in [1.82, 2.24) is 9.80 Å². The van der Waals surface area contributed by atoms with Crippen molar-refractivity contribution < 1.29 is 19.3 Å². The van der Waals surface area contributed by atoms with E-state index in [0.717, 1.165) is 43.2 Å². The van der Waals surface area contributed by atoms with Gasteiger partial charge in [-0.1, -0.05) is 66.7 Å². The largest absolute Gasteiger partial charge is 0.454 e. The number of piperazine rings is 1. The van der Waals surface area contributed by atoms with Crippen molar-refractivity contribution in [1.29, 1.82) is 0 Å². The zero-order chi connectivity index (χ0) is 23.2. The molecule has 2 aliphatic rings. The highest BCUT2D eigenvalue weighted by Crippen LogP contribution is 2.33. The number of nitrogens with zero attached hydrogens (tertiary/aromatic N) is 2. The summed E-state index contributed by atoms with van der Waals surface area (Å²) in [5, 5.41) is 10.5. The van der Waals surface area contributed by atoms with Crippen LogP contribution in [0, 0.1) is 0 Å². The Kier molecular flexibility index (Phi) is 7.41. The molecule has 178 valence electrons. The number of aliphatic hydroxyl groups excluding tert-OH is 1. The van der Waals surface area contributed by atoms with E-state index in [0.29, 0.717) is 19.8 Å². The van der Waals surface area contributed by atoms with Crippen LogP contribution in [0.1, 0.15) is 22.7 Å². The SMILES string of the molecule is O[C@@H](COCc1ccc2c(c1)OCO2)CN1CCN(C(c2ccccc2)c2ccccc2)CC1. The molecule has 0 aromatic heterocycles. The highest BCUT2D eigenvalue weighted by molar-refractivity contribution is 5.44. The minimum absolute atomic E-state index is 0.250. The quantitative estimate of drug-likeness (QED) is 0.526. The third-order valence-electron chi connectivity index (χ3n) is 6.49. The third-order valence-corrected chi connectivity index (χ3v) is 6.49. The monoisotopic (exact) mass is 460 g/mol. The zero-order valence-corrected chi connectivity index (χ0v) is 19.4. The minimum atomic E-state index is -0.514. The second kappa shape index (κ2) is 11.0. The summed E-state index contributed by atoms with van der Waals surface area (Å²) in [6.07, 6.45) is -0.514. The lowest BCUT2D eigenvalue weighted by Crippen LogP contribution is -2.50. The third kappa shape index (κ3) is 5.59. The van der Waals surface area contributed by atoms with Gasteiger partial charge in [-0.3, -0.25) is 9.80 Å². The van der Waals surface area contributed by atoms with Crippen LogP contribution in [0.4, 0.5) is 0 Å². The Bertz CT molecular complexity index is 999. The van der Waals surface area contributed by atoms with Gasteiger partial charge in [0.05, 0.1) is 25.4 Å². The fourth-order valence-electron chi connectivity index (χ4n) is 4.78. The standard InChI is InChI=1S/C28H32N2O4/c31-25(20-32-19-22-11-12-26-27(17-22)34-21-33-26)18-29-13-15-30(16-14-29)28(23-7-3-1-4-8-23)24-9-5-2-6-10-24/h1-12,17,25,28,31H,13-16,18-21H2/t25-/m1/s1. The van der Waals surface area contributed by atoms with Crippen LogP contribution in [0.3, 0.4) is 0 Å². The van der Waals surface area contributed by atoms with Crippen LogP contribution >= 0.6 is 0 Å². The molecule has 6 nitrogen and oxygen atoms in total. The van der Waals surface area contributed by atoms with Crippen molar-refractivity contribution in [2.75, 3.05) is 46.1 Å². The Morgan fingerprint density at radius 1 is 0.794 bits per heavy atom. The lowest BCUT2D eigenvalue weighted by molar-refractivity contribution is -0.000729. The van der Waals surface area contributed by atoms with Gasteiger partial charge in [0.15, 0.2) is 11.5 Å². The van der Waals surface area contributed by atoms with E-state index < -0.39 is 6.10 Å². The summed E-state index contributed by atoms with van der Waals surface area (Å²) in [4.78, 5) is 4.88. The van der Waals surface area contributed by atoms with Gasteiger partial charge in [0, 0.05) is 32.7 Å². The molecule has 5 rings (SSSR count). The summed E-state index contributed by atoms with van der Waals surface area (Å²) in [6.45, 7) is 5.41. The van der Waals surface area contributed by atoms with E-state index in [-0.39, 0.29) is 12.8 Å². The summed E-state index contributed by atoms with van der Waals surface area (Å²) in [6, 6.07) is 27.5. The molecule has 1 fully saturated rings. The number of rotatable bonds is 9. The molecule has 3 aromatic rings. The van der Waals surface area contributed by atoms with Crippen LogP contribution in [0.15, 0.2) is 78.9 Å². The van der Waals surface area contributed by atoms with Gasteiger partial charge in [0.1, 0.15) is 0 Å². The van der Waals surface area contributed by atoms with Crippen molar-refractivity contribution in [3.63, 3.8) is 0 Å². The number of aliphatic hydroxyl groups is 1. The minimum Gasteiger partial charge on any atom is -0.454 e. The molecular formula is C28H32N2O4. The van der Waals surface area contributed by atoms with E-state index in [2.05, 4.69) is 70.5 Å². The second-order valence-electron chi connectivity index (χ2n) is 8.92. The Morgan fingerprint density at radius 2 is 1.44 bits per heavy atom. The highest BCUT2D eigenvalue weighted by Gasteiger charge is 2.27. The Hall–Kier alpha value is -2.90. The van der Waals surface area contributed by atoms with Gasteiger partial charge >= 0.3 is 0 Å². The number of fused-ring (bicyclic) bond motifs is 1. The summed E-state index contributed by atoms with van der Waals surface area (Å²) < 4.78 is 16.5. The van der Waals surface area contributed by atoms with Crippen LogP contribution in [0.2, 0.25) is 0 Å². The van der Waals surface area contributed by atoms with E-state index in [4.69, 9.17) is 14.2 Å². The van der Waals surface area contributed by atoms with Crippen molar-refractivity contribution in [3.05, 3.63) is 95.6 Å².